The summed E-state index contributed by atoms with van der Waals surface area (Å²) in [6.07, 6.45) is 3.68. The molecular formula is C19H19N3O2S. The second-order valence-electron chi connectivity index (χ2n) is 5.61. The minimum Gasteiger partial charge on any atom is -0.496 e. The van der Waals surface area contributed by atoms with Gasteiger partial charge in [-0.1, -0.05) is 23.4 Å². The lowest BCUT2D eigenvalue weighted by Gasteiger charge is -2.10. The lowest BCUT2D eigenvalue weighted by atomic mass is 10.1. The summed E-state index contributed by atoms with van der Waals surface area (Å²) in [4.78, 5) is 17.9. The normalized spacial score (nSPS) is 10.5. The molecule has 6 heteroatoms. The number of carbonyl (C=O) groups is 1. The number of rotatable bonds is 5. The molecule has 0 aliphatic carbocycles. The maximum atomic E-state index is 12.5. The van der Waals surface area contributed by atoms with Crippen molar-refractivity contribution in [2.24, 2.45) is 7.05 Å². The Morgan fingerprint density at radius 1 is 1.20 bits per heavy atom. The summed E-state index contributed by atoms with van der Waals surface area (Å²) in [6, 6.07) is 13.2. The second-order valence-corrected chi connectivity index (χ2v) is 6.65. The number of hydrogen-bond donors (Lipinski definition) is 1. The highest BCUT2D eigenvalue weighted by atomic mass is 32.2. The summed E-state index contributed by atoms with van der Waals surface area (Å²) < 4.78 is 7.24. The van der Waals surface area contributed by atoms with Gasteiger partial charge in [0.2, 0.25) is 0 Å². The maximum absolute atomic E-state index is 12.5. The summed E-state index contributed by atoms with van der Waals surface area (Å²) in [5.41, 5.74) is 2.26. The van der Waals surface area contributed by atoms with E-state index >= 15 is 0 Å². The minimum absolute atomic E-state index is 0.190. The molecule has 5 nitrogen and oxygen atoms in total. The van der Waals surface area contributed by atoms with Crippen LogP contribution in [-0.2, 0) is 7.05 Å². The predicted molar refractivity (Wildman–Crippen MR) is 99.5 cm³/mol. The van der Waals surface area contributed by atoms with E-state index in [1.165, 1.54) is 0 Å². The van der Waals surface area contributed by atoms with Gasteiger partial charge in [-0.2, -0.15) is 0 Å². The Hall–Kier alpha value is -2.73. The van der Waals surface area contributed by atoms with Gasteiger partial charge in [0.1, 0.15) is 5.75 Å². The smallest absolute Gasteiger partial charge is 0.259 e. The summed E-state index contributed by atoms with van der Waals surface area (Å²) >= 11 is 1.57. The molecule has 0 saturated carbocycles. The lowest BCUT2D eigenvalue weighted by Crippen LogP contribution is -2.13. The minimum atomic E-state index is -0.190. The summed E-state index contributed by atoms with van der Waals surface area (Å²) in [6.45, 7) is 1.94. The van der Waals surface area contributed by atoms with Crippen molar-refractivity contribution in [3.63, 3.8) is 0 Å². The summed E-state index contributed by atoms with van der Waals surface area (Å²) in [5, 5.41) is 3.83. The van der Waals surface area contributed by atoms with Crippen molar-refractivity contribution in [3.8, 4) is 5.75 Å². The van der Waals surface area contributed by atoms with Gasteiger partial charge in [0.05, 0.1) is 12.7 Å². The van der Waals surface area contributed by atoms with Crippen LogP contribution in [0.3, 0.4) is 0 Å². The summed E-state index contributed by atoms with van der Waals surface area (Å²) in [5.74, 6) is 0.370. The molecule has 1 N–H and O–H groups in total. The van der Waals surface area contributed by atoms with Crippen LogP contribution in [0.4, 0.5) is 5.69 Å². The number of benzene rings is 2. The van der Waals surface area contributed by atoms with E-state index in [0.29, 0.717) is 11.3 Å². The average Bonchev–Trinajstić information content (AvgIpc) is 3.01. The zero-order valence-electron chi connectivity index (χ0n) is 14.3. The number of methoxy groups -OCH3 is 1. The van der Waals surface area contributed by atoms with Crippen molar-refractivity contribution in [1.29, 1.82) is 0 Å². The predicted octanol–water partition coefficient (Wildman–Crippen LogP) is 4.14. The van der Waals surface area contributed by atoms with Crippen molar-refractivity contribution in [3.05, 3.63) is 66.0 Å². The van der Waals surface area contributed by atoms with Gasteiger partial charge in [-0.25, -0.2) is 4.98 Å². The summed E-state index contributed by atoms with van der Waals surface area (Å²) in [7, 11) is 3.52. The molecule has 3 rings (SSSR count). The van der Waals surface area contributed by atoms with Crippen molar-refractivity contribution in [2.75, 3.05) is 12.4 Å². The highest BCUT2D eigenvalue weighted by Crippen LogP contribution is 2.27. The highest BCUT2D eigenvalue weighted by Gasteiger charge is 2.13. The maximum Gasteiger partial charge on any atom is 0.259 e. The largest absolute Gasteiger partial charge is 0.496 e. The van der Waals surface area contributed by atoms with Gasteiger partial charge in [-0.15, -0.1) is 0 Å². The Morgan fingerprint density at radius 3 is 2.60 bits per heavy atom. The Balaban J connectivity index is 1.72. The van der Waals surface area contributed by atoms with Crippen LogP contribution in [0.25, 0.3) is 0 Å². The van der Waals surface area contributed by atoms with Gasteiger partial charge < -0.3 is 14.6 Å². The molecule has 0 bridgehead atoms. The van der Waals surface area contributed by atoms with Gasteiger partial charge in [-0.3, -0.25) is 4.79 Å². The number of ether oxygens (including phenoxy) is 1. The van der Waals surface area contributed by atoms with Crippen molar-refractivity contribution >= 4 is 23.4 Å². The van der Waals surface area contributed by atoms with Crippen LogP contribution in [-0.4, -0.2) is 22.6 Å². The zero-order chi connectivity index (χ0) is 17.8. The number of hydrogen-bond acceptors (Lipinski definition) is 4. The van der Waals surface area contributed by atoms with Crippen LogP contribution in [0, 0.1) is 6.92 Å². The SMILES string of the molecule is COc1ccc(C)cc1C(=O)Nc1ccc(Sc2nccn2C)cc1. The molecule has 0 aliphatic heterocycles. The van der Waals surface area contributed by atoms with Gasteiger partial charge >= 0.3 is 0 Å². The molecule has 128 valence electrons. The highest BCUT2D eigenvalue weighted by molar-refractivity contribution is 7.99. The van der Waals surface area contributed by atoms with Crippen molar-refractivity contribution < 1.29 is 9.53 Å². The number of nitrogens with zero attached hydrogens (tertiary/aromatic N) is 2. The molecular weight excluding hydrogens is 334 g/mol. The molecule has 3 aromatic rings. The second kappa shape index (κ2) is 7.44. The van der Waals surface area contributed by atoms with E-state index in [4.69, 9.17) is 4.74 Å². The number of nitrogens with one attached hydrogen (secondary N) is 1. The monoisotopic (exact) mass is 353 g/mol. The average molecular weight is 353 g/mol. The first kappa shape index (κ1) is 17.1. The van der Waals surface area contributed by atoms with E-state index in [2.05, 4.69) is 10.3 Å². The molecule has 0 spiro atoms. The molecule has 1 amide bonds. The zero-order valence-corrected chi connectivity index (χ0v) is 15.1. The molecule has 0 fully saturated rings. The van der Waals surface area contributed by atoms with Crippen LogP contribution < -0.4 is 10.1 Å². The fourth-order valence-corrected chi connectivity index (χ4v) is 3.16. The molecule has 0 atom stereocenters. The third kappa shape index (κ3) is 4.03. The molecule has 1 heterocycles. The van der Waals surface area contributed by atoms with E-state index < -0.39 is 0 Å². The van der Waals surface area contributed by atoms with Crippen LogP contribution in [0.5, 0.6) is 5.75 Å². The Kier molecular flexibility index (Phi) is 5.09. The molecule has 0 saturated heterocycles. The standard InChI is InChI=1S/C19H19N3O2S/c1-13-4-9-17(24-3)16(12-13)18(23)21-14-5-7-15(8-6-14)25-19-20-10-11-22(19)2/h4-12H,1-3H3,(H,21,23). The van der Waals surface area contributed by atoms with Crippen LogP contribution >= 0.6 is 11.8 Å². The third-order valence-corrected chi connectivity index (χ3v) is 4.78. The lowest BCUT2D eigenvalue weighted by molar-refractivity contribution is 0.102. The molecule has 2 aromatic carbocycles. The third-order valence-electron chi connectivity index (χ3n) is 3.70. The molecule has 25 heavy (non-hydrogen) atoms. The van der Waals surface area contributed by atoms with E-state index in [1.807, 2.05) is 61.1 Å². The van der Waals surface area contributed by atoms with Gasteiger partial charge in [-0.05, 0) is 43.3 Å². The van der Waals surface area contributed by atoms with E-state index in [-0.39, 0.29) is 5.91 Å². The topological polar surface area (TPSA) is 56.1 Å². The van der Waals surface area contributed by atoms with E-state index in [1.54, 1.807) is 31.1 Å². The van der Waals surface area contributed by atoms with Crippen LogP contribution in [0.15, 0.2) is 64.9 Å². The van der Waals surface area contributed by atoms with E-state index in [9.17, 15) is 4.79 Å². The number of imidazole rings is 1. The first-order valence-electron chi connectivity index (χ1n) is 7.78. The number of aromatic nitrogens is 2. The van der Waals surface area contributed by atoms with Crippen LogP contribution in [0.1, 0.15) is 15.9 Å². The number of amides is 1. The molecule has 1 aromatic heterocycles. The van der Waals surface area contributed by atoms with Gasteiger partial charge in [0, 0.05) is 30.0 Å². The molecule has 0 unspecified atom stereocenters. The number of aryl methyl sites for hydroxylation is 2. The fraction of sp³-hybridized carbons (Fsp3) is 0.158. The fourth-order valence-electron chi connectivity index (χ4n) is 2.36. The van der Waals surface area contributed by atoms with Crippen molar-refractivity contribution in [2.45, 2.75) is 17.0 Å². The molecule has 0 aliphatic rings. The van der Waals surface area contributed by atoms with Crippen LogP contribution in [0.2, 0.25) is 0 Å². The Bertz CT molecular complexity index is 888. The first-order chi connectivity index (χ1) is 12.1. The molecule has 0 radical (unpaired) electrons. The number of carbonyl (C=O) groups excluding carboxylic acids is 1. The van der Waals surface area contributed by atoms with E-state index in [0.717, 1.165) is 21.3 Å². The Morgan fingerprint density at radius 2 is 1.96 bits per heavy atom. The van der Waals surface area contributed by atoms with Crippen molar-refractivity contribution in [1.82, 2.24) is 9.55 Å². The number of anilines is 1. The quantitative estimate of drug-likeness (QED) is 0.749. The first-order valence-corrected chi connectivity index (χ1v) is 8.59. The van der Waals surface area contributed by atoms with Gasteiger partial charge in [0.15, 0.2) is 5.16 Å². The van der Waals surface area contributed by atoms with Gasteiger partial charge in [0.25, 0.3) is 5.91 Å². The Labute approximate surface area is 151 Å².